The highest BCUT2D eigenvalue weighted by Crippen LogP contribution is 2.31. The maximum Gasteiger partial charge on any atom is 0.251 e. The number of anilines is 1. The van der Waals surface area contributed by atoms with E-state index in [1.54, 1.807) is 12.5 Å². The molecule has 0 saturated carbocycles. The second-order valence-corrected chi connectivity index (χ2v) is 6.55. The molecule has 1 aromatic carbocycles. The van der Waals surface area contributed by atoms with Crippen molar-refractivity contribution in [1.82, 2.24) is 24.5 Å². The lowest BCUT2D eigenvalue weighted by Gasteiger charge is -2.06. The minimum absolute atomic E-state index is 0.496. The zero-order valence-corrected chi connectivity index (χ0v) is 15.3. The summed E-state index contributed by atoms with van der Waals surface area (Å²) in [6, 6.07) is 15.7. The van der Waals surface area contributed by atoms with Gasteiger partial charge in [-0.1, -0.05) is 24.3 Å². The molecule has 0 unspecified atom stereocenters. The number of hydrogen-bond donors (Lipinski definition) is 1. The summed E-state index contributed by atoms with van der Waals surface area (Å²) in [5.74, 6) is 1.24. The van der Waals surface area contributed by atoms with Gasteiger partial charge in [0.2, 0.25) is 5.89 Å². The highest BCUT2D eigenvalue weighted by atomic mass is 16.4. The van der Waals surface area contributed by atoms with Gasteiger partial charge in [-0.25, -0.2) is 9.97 Å². The van der Waals surface area contributed by atoms with Crippen molar-refractivity contribution >= 4 is 28.1 Å². The number of nitrogens with one attached hydrogen (secondary N) is 1. The summed E-state index contributed by atoms with van der Waals surface area (Å²) in [4.78, 5) is 18.2. The Kier molecular flexibility index (Phi) is 3.97. The summed E-state index contributed by atoms with van der Waals surface area (Å²) in [5.41, 5.74) is 4.83. The number of imidazole rings is 1. The highest BCUT2D eigenvalue weighted by Gasteiger charge is 2.18. The summed E-state index contributed by atoms with van der Waals surface area (Å²) in [5, 5.41) is 3.38. The molecule has 0 amide bonds. The fourth-order valence-electron chi connectivity index (χ4n) is 3.26. The third-order valence-corrected chi connectivity index (χ3v) is 4.63. The first-order valence-electron chi connectivity index (χ1n) is 9.10. The second kappa shape index (κ2) is 6.77. The zero-order chi connectivity index (χ0) is 18.9. The number of aromatic nitrogens is 5. The molecule has 0 radical (unpaired) electrons. The van der Waals surface area contributed by atoms with Gasteiger partial charge in [0, 0.05) is 37.5 Å². The van der Waals surface area contributed by atoms with Gasteiger partial charge in [-0.15, -0.1) is 0 Å². The molecule has 7 heteroatoms. The van der Waals surface area contributed by atoms with Crippen LogP contribution in [0.5, 0.6) is 0 Å². The largest absolute Gasteiger partial charge is 0.418 e. The molecule has 4 aromatic heterocycles. The van der Waals surface area contributed by atoms with Crippen molar-refractivity contribution in [3.8, 4) is 11.5 Å². The number of hydrogen-bond acceptors (Lipinski definition) is 6. The third kappa shape index (κ3) is 2.87. The molecule has 0 aliphatic carbocycles. The predicted molar refractivity (Wildman–Crippen MR) is 108 cm³/mol. The Balaban J connectivity index is 1.53. The maximum absolute atomic E-state index is 5.98. The number of fused-ring (bicyclic) bond motifs is 3. The van der Waals surface area contributed by atoms with E-state index < -0.39 is 0 Å². The van der Waals surface area contributed by atoms with E-state index in [1.807, 2.05) is 60.1 Å². The summed E-state index contributed by atoms with van der Waals surface area (Å²) in [6.45, 7) is 0.695. The Morgan fingerprint density at radius 2 is 1.82 bits per heavy atom. The first-order chi connectivity index (χ1) is 13.8. The molecule has 28 heavy (non-hydrogen) atoms. The van der Waals surface area contributed by atoms with Gasteiger partial charge in [-0.3, -0.25) is 4.98 Å². The van der Waals surface area contributed by atoms with E-state index in [-0.39, 0.29) is 0 Å². The van der Waals surface area contributed by atoms with Crippen molar-refractivity contribution in [2.45, 2.75) is 6.42 Å². The van der Waals surface area contributed by atoms with Crippen molar-refractivity contribution in [3.63, 3.8) is 0 Å². The molecule has 0 atom stereocenters. The first-order valence-corrected chi connectivity index (χ1v) is 9.10. The SMILES string of the molecule is Cn1cnc2c(NCCc3ccccn3)nc3oc(-c4ccccc4)nc3c21. The van der Waals surface area contributed by atoms with E-state index in [4.69, 9.17) is 4.42 Å². The number of oxazole rings is 1. The van der Waals surface area contributed by atoms with Gasteiger partial charge in [-0.05, 0) is 24.3 Å². The fourth-order valence-corrected chi connectivity index (χ4v) is 3.26. The van der Waals surface area contributed by atoms with E-state index in [0.717, 1.165) is 28.7 Å². The molecule has 7 nitrogen and oxygen atoms in total. The minimum Gasteiger partial charge on any atom is -0.418 e. The average Bonchev–Trinajstić information content (AvgIpc) is 3.33. The molecule has 1 N–H and O–H groups in total. The van der Waals surface area contributed by atoms with E-state index in [0.29, 0.717) is 29.5 Å². The summed E-state index contributed by atoms with van der Waals surface area (Å²) in [6.07, 6.45) is 4.36. The number of nitrogens with zero attached hydrogens (tertiary/aromatic N) is 5. The first kappa shape index (κ1) is 16.4. The molecule has 0 saturated heterocycles. The van der Waals surface area contributed by atoms with E-state index >= 15 is 0 Å². The quantitative estimate of drug-likeness (QED) is 0.506. The smallest absolute Gasteiger partial charge is 0.251 e. The Morgan fingerprint density at radius 3 is 2.64 bits per heavy atom. The van der Waals surface area contributed by atoms with Crippen LogP contribution in [0.4, 0.5) is 5.82 Å². The molecule has 0 fully saturated rings. The van der Waals surface area contributed by atoms with E-state index in [1.165, 1.54) is 0 Å². The number of benzene rings is 1. The van der Waals surface area contributed by atoms with Gasteiger partial charge in [0.1, 0.15) is 11.0 Å². The molecular formula is C21H18N6O. The monoisotopic (exact) mass is 370 g/mol. The van der Waals surface area contributed by atoms with Gasteiger partial charge in [-0.2, -0.15) is 4.98 Å². The average molecular weight is 370 g/mol. The molecule has 0 spiro atoms. The summed E-state index contributed by atoms with van der Waals surface area (Å²) in [7, 11) is 1.95. The number of aryl methyl sites for hydroxylation is 1. The standard InChI is InChI=1S/C21H18N6O/c1-27-13-24-16-18(27)17-21(28-20(25-17)14-7-3-2-4-8-14)26-19(16)23-12-10-15-9-5-6-11-22-15/h2-9,11,13H,10,12H2,1H3,(H,23,26). The van der Waals surface area contributed by atoms with Gasteiger partial charge >= 0.3 is 0 Å². The summed E-state index contributed by atoms with van der Waals surface area (Å²) < 4.78 is 7.92. The van der Waals surface area contributed by atoms with Crippen LogP contribution < -0.4 is 5.32 Å². The Hall–Kier alpha value is -3.74. The van der Waals surface area contributed by atoms with Crippen molar-refractivity contribution in [1.29, 1.82) is 0 Å². The Morgan fingerprint density at radius 1 is 0.964 bits per heavy atom. The van der Waals surface area contributed by atoms with Gasteiger partial charge in [0.25, 0.3) is 5.71 Å². The second-order valence-electron chi connectivity index (χ2n) is 6.55. The third-order valence-electron chi connectivity index (χ3n) is 4.63. The molecule has 0 aliphatic rings. The van der Waals surface area contributed by atoms with Crippen LogP contribution in [0.25, 0.3) is 33.7 Å². The molecule has 5 rings (SSSR count). The molecule has 5 aromatic rings. The van der Waals surface area contributed by atoms with Crippen LogP contribution >= 0.6 is 0 Å². The normalized spacial score (nSPS) is 11.3. The van der Waals surface area contributed by atoms with Crippen LogP contribution in [-0.4, -0.2) is 31.0 Å². The molecule has 4 heterocycles. The number of pyridine rings is 2. The zero-order valence-electron chi connectivity index (χ0n) is 15.3. The topological polar surface area (TPSA) is 81.7 Å². The molecule has 0 aliphatic heterocycles. The van der Waals surface area contributed by atoms with Crippen LogP contribution in [0, 0.1) is 0 Å². The lowest BCUT2D eigenvalue weighted by atomic mass is 10.2. The van der Waals surface area contributed by atoms with E-state index in [9.17, 15) is 0 Å². The Bertz CT molecular complexity index is 1240. The van der Waals surface area contributed by atoms with Crippen LogP contribution in [0.2, 0.25) is 0 Å². The van der Waals surface area contributed by atoms with Gasteiger partial charge < -0.3 is 14.3 Å². The highest BCUT2D eigenvalue weighted by molar-refractivity contribution is 6.03. The predicted octanol–water partition coefficient (Wildman–Crippen LogP) is 3.83. The molecule has 138 valence electrons. The van der Waals surface area contributed by atoms with Gasteiger partial charge in [0.05, 0.1) is 6.33 Å². The van der Waals surface area contributed by atoms with Crippen molar-refractivity contribution in [3.05, 3.63) is 66.7 Å². The van der Waals surface area contributed by atoms with Crippen molar-refractivity contribution in [2.75, 3.05) is 11.9 Å². The van der Waals surface area contributed by atoms with Crippen molar-refractivity contribution in [2.24, 2.45) is 7.05 Å². The number of rotatable bonds is 5. The van der Waals surface area contributed by atoms with Crippen LogP contribution in [0.1, 0.15) is 5.69 Å². The lowest BCUT2D eigenvalue weighted by Crippen LogP contribution is -2.08. The van der Waals surface area contributed by atoms with Crippen LogP contribution in [-0.2, 0) is 13.5 Å². The van der Waals surface area contributed by atoms with Crippen LogP contribution in [0.3, 0.4) is 0 Å². The van der Waals surface area contributed by atoms with Gasteiger partial charge in [0.15, 0.2) is 11.3 Å². The lowest BCUT2D eigenvalue weighted by molar-refractivity contribution is 0.608. The fraction of sp³-hybridized carbons (Fsp3) is 0.143. The maximum atomic E-state index is 5.98. The molecular weight excluding hydrogens is 352 g/mol. The van der Waals surface area contributed by atoms with Crippen molar-refractivity contribution < 1.29 is 4.42 Å². The minimum atomic E-state index is 0.496. The van der Waals surface area contributed by atoms with Crippen LogP contribution in [0.15, 0.2) is 65.5 Å². The summed E-state index contributed by atoms with van der Waals surface area (Å²) >= 11 is 0. The molecule has 0 bridgehead atoms. The Labute approximate surface area is 161 Å². The van der Waals surface area contributed by atoms with E-state index in [2.05, 4.69) is 25.3 Å².